The van der Waals surface area contributed by atoms with E-state index < -0.39 is 0 Å². The second kappa shape index (κ2) is 8.68. The molecular weight excluding hydrogens is 324 g/mol. The number of carbonyl (C=O) groups excluding carboxylic acids is 1. The molecule has 136 valence electrons. The molecule has 4 nitrogen and oxygen atoms in total. The molecule has 0 aliphatic rings. The maximum atomic E-state index is 12.2. The molecule has 3 aromatic rings. The second-order valence-electron chi connectivity index (χ2n) is 6.72. The van der Waals surface area contributed by atoms with Gasteiger partial charge in [0.15, 0.2) is 0 Å². The van der Waals surface area contributed by atoms with Gasteiger partial charge in [-0.2, -0.15) is 0 Å². The van der Waals surface area contributed by atoms with E-state index in [4.69, 9.17) is 4.42 Å². The lowest BCUT2D eigenvalue weighted by atomic mass is 10.1. The number of nitrogens with one attached hydrogen (secondary N) is 1. The molecular formula is C22H26N2O2. The van der Waals surface area contributed by atoms with Crippen LogP contribution in [0, 0.1) is 0 Å². The highest BCUT2D eigenvalue weighted by Crippen LogP contribution is 2.26. The zero-order chi connectivity index (χ0) is 18.4. The van der Waals surface area contributed by atoms with Gasteiger partial charge in [0, 0.05) is 11.9 Å². The van der Waals surface area contributed by atoms with Crippen LogP contribution < -0.4 is 5.32 Å². The number of hydrogen-bond donors (Lipinski definition) is 1. The highest BCUT2D eigenvalue weighted by molar-refractivity contribution is 5.78. The third-order valence-electron chi connectivity index (χ3n) is 4.72. The summed E-state index contributed by atoms with van der Waals surface area (Å²) >= 11 is 0. The van der Waals surface area contributed by atoms with Crippen LogP contribution >= 0.6 is 0 Å². The molecule has 1 N–H and O–H groups in total. The predicted molar refractivity (Wildman–Crippen MR) is 105 cm³/mol. The molecule has 0 saturated carbocycles. The van der Waals surface area contributed by atoms with Crippen molar-refractivity contribution in [3.8, 4) is 0 Å². The average Bonchev–Trinajstić information content (AvgIpc) is 3.09. The SMILES string of the molecule is CC(c1cc2ccccc2o1)N(C)CC(=O)NCCCc1ccccc1. The first-order valence-corrected chi connectivity index (χ1v) is 9.13. The topological polar surface area (TPSA) is 45.5 Å². The summed E-state index contributed by atoms with van der Waals surface area (Å²) in [6, 6.07) is 20.4. The van der Waals surface area contributed by atoms with Crippen molar-refractivity contribution in [3.63, 3.8) is 0 Å². The van der Waals surface area contributed by atoms with Gasteiger partial charge >= 0.3 is 0 Å². The molecule has 0 fully saturated rings. The normalized spacial score (nSPS) is 12.4. The van der Waals surface area contributed by atoms with E-state index in [1.807, 2.05) is 60.5 Å². The molecule has 1 heterocycles. The quantitative estimate of drug-likeness (QED) is 0.620. The lowest BCUT2D eigenvalue weighted by Crippen LogP contribution is -2.36. The number of fused-ring (bicyclic) bond motifs is 1. The molecule has 0 aliphatic carbocycles. The first kappa shape index (κ1) is 18.2. The minimum Gasteiger partial charge on any atom is -0.459 e. The van der Waals surface area contributed by atoms with E-state index in [2.05, 4.69) is 24.4 Å². The van der Waals surface area contributed by atoms with Gasteiger partial charge in [0.05, 0.1) is 12.6 Å². The molecule has 1 unspecified atom stereocenters. The van der Waals surface area contributed by atoms with Crippen molar-refractivity contribution in [3.05, 3.63) is 72.0 Å². The molecule has 3 rings (SSSR count). The van der Waals surface area contributed by atoms with Crippen molar-refractivity contribution in [2.75, 3.05) is 20.1 Å². The number of para-hydroxylation sites is 1. The zero-order valence-electron chi connectivity index (χ0n) is 15.4. The van der Waals surface area contributed by atoms with E-state index in [0.717, 1.165) is 29.6 Å². The first-order valence-electron chi connectivity index (χ1n) is 9.13. The fourth-order valence-electron chi connectivity index (χ4n) is 3.01. The summed E-state index contributed by atoms with van der Waals surface area (Å²) in [4.78, 5) is 14.2. The number of likely N-dealkylation sites (N-methyl/N-ethyl adjacent to an activating group) is 1. The van der Waals surface area contributed by atoms with E-state index >= 15 is 0 Å². The molecule has 0 spiro atoms. The van der Waals surface area contributed by atoms with Crippen molar-refractivity contribution in [2.24, 2.45) is 0 Å². The van der Waals surface area contributed by atoms with Gasteiger partial charge in [0.25, 0.3) is 0 Å². The van der Waals surface area contributed by atoms with Crippen LogP contribution in [0.1, 0.15) is 30.7 Å². The first-order chi connectivity index (χ1) is 12.6. The number of rotatable bonds is 8. The monoisotopic (exact) mass is 350 g/mol. The molecule has 0 saturated heterocycles. The minimum atomic E-state index is 0.0393. The maximum Gasteiger partial charge on any atom is 0.234 e. The summed E-state index contributed by atoms with van der Waals surface area (Å²) in [5.74, 6) is 0.925. The molecule has 4 heteroatoms. The lowest BCUT2D eigenvalue weighted by molar-refractivity contribution is -0.122. The minimum absolute atomic E-state index is 0.0393. The molecule has 1 aromatic heterocycles. The summed E-state index contributed by atoms with van der Waals surface area (Å²) < 4.78 is 5.91. The van der Waals surface area contributed by atoms with E-state index in [-0.39, 0.29) is 11.9 Å². The summed E-state index contributed by atoms with van der Waals surface area (Å²) in [6.07, 6.45) is 1.92. The van der Waals surface area contributed by atoms with Crippen LogP contribution in [-0.2, 0) is 11.2 Å². The van der Waals surface area contributed by atoms with Gasteiger partial charge in [-0.05, 0) is 44.5 Å². The Kier molecular flexibility index (Phi) is 6.08. The predicted octanol–water partition coefficient (Wildman–Crippen LogP) is 4.17. The standard InChI is InChI=1S/C22H26N2O2/c1-17(21-15-19-12-6-7-13-20(19)26-21)24(2)16-22(25)23-14-8-11-18-9-4-3-5-10-18/h3-7,9-10,12-13,15,17H,8,11,14,16H2,1-2H3,(H,23,25). The van der Waals surface area contributed by atoms with Crippen molar-refractivity contribution < 1.29 is 9.21 Å². The Morgan fingerprint density at radius 1 is 1.12 bits per heavy atom. The van der Waals surface area contributed by atoms with Crippen LogP contribution in [0.2, 0.25) is 0 Å². The number of hydrogen-bond acceptors (Lipinski definition) is 3. The number of aryl methyl sites for hydroxylation is 1. The smallest absolute Gasteiger partial charge is 0.234 e. The number of nitrogens with zero attached hydrogens (tertiary/aromatic N) is 1. The Morgan fingerprint density at radius 3 is 2.62 bits per heavy atom. The Hall–Kier alpha value is -2.59. The number of furan rings is 1. The van der Waals surface area contributed by atoms with Crippen LogP contribution in [0.4, 0.5) is 0 Å². The van der Waals surface area contributed by atoms with Gasteiger partial charge in [-0.1, -0.05) is 48.5 Å². The summed E-state index contributed by atoms with van der Waals surface area (Å²) in [7, 11) is 1.95. The van der Waals surface area contributed by atoms with Crippen molar-refractivity contribution >= 4 is 16.9 Å². The zero-order valence-corrected chi connectivity index (χ0v) is 15.4. The summed E-state index contributed by atoms with van der Waals surface area (Å²) in [5.41, 5.74) is 2.19. The van der Waals surface area contributed by atoms with Gasteiger partial charge in [-0.25, -0.2) is 0 Å². The summed E-state index contributed by atoms with van der Waals surface area (Å²) in [5, 5.41) is 4.10. The number of carbonyl (C=O) groups is 1. The molecule has 0 radical (unpaired) electrons. The van der Waals surface area contributed by atoms with Crippen molar-refractivity contribution in [1.82, 2.24) is 10.2 Å². The molecule has 1 amide bonds. The maximum absolute atomic E-state index is 12.2. The van der Waals surface area contributed by atoms with Crippen LogP contribution in [0.15, 0.2) is 65.1 Å². The Balaban J connectivity index is 1.44. The van der Waals surface area contributed by atoms with E-state index in [0.29, 0.717) is 13.1 Å². The Labute approximate surface area is 154 Å². The Morgan fingerprint density at radius 2 is 1.85 bits per heavy atom. The van der Waals surface area contributed by atoms with E-state index in [1.54, 1.807) is 0 Å². The fraction of sp³-hybridized carbons (Fsp3) is 0.318. The molecule has 26 heavy (non-hydrogen) atoms. The van der Waals surface area contributed by atoms with E-state index in [9.17, 15) is 4.79 Å². The Bertz CT molecular complexity index is 808. The lowest BCUT2D eigenvalue weighted by Gasteiger charge is -2.22. The number of benzene rings is 2. The summed E-state index contributed by atoms with van der Waals surface area (Å²) in [6.45, 7) is 3.10. The molecule has 2 aromatic carbocycles. The third-order valence-corrected chi connectivity index (χ3v) is 4.72. The van der Waals surface area contributed by atoms with Crippen molar-refractivity contribution in [1.29, 1.82) is 0 Å². The third kappa shape index (κ3) is 4.73. The van der Waals surface area contributed by atoms with Crippen LogP contribution in [0.25, 0.3) is 11.0 Å². The second-order valence-corrected chi connectivity index (χ2v) is 6.72. The highest BCUT2D eigenvalue weighted by Gasteiger charge is 2.18. The van der Waals surface area contributed by atoms with Gasteiger partial charge < -0.3 is 9.73 Å². The van der Waals surface area contributed by atoms with Crippen LogP contribution in [0.5, 0.6) is 0 Å². The van der Waals surface area contributed by atoms with Gasteiger partial charge in [0.1, 0.15) is 11.3 Å². The highest BCUT2D eigenvalue weighted by atomic mass is 16.3. The van der Waals surface area contributed by atoms with Gasteiger partial charge in [-0.15, -0.1) is 0 Å². The van der Waals surface area contributed by atoms with Crippen LogP contribution in [0.3, 0.4) is 0 Å². The molecule has 0 aliphatic heterocycles. The van der Waals surface area contributed by atoms with Crippen LogP contribution in [-0.4, -0.2) is 30.9 Å². The largest absolute Gasteiger partial charge is 0.459 e. The van der Waals surface area contributed by atoms with Gasteiger partial charge in [0.2, 0.25) is 5.91 Å². The molecule has 1 atom stereocenters. The van der Waals surface area contributed by atoms with Crippen molar-refractivity contribution in [2.45, 2.75) is 25.8 Å². The van der Waals surface area contributed by atoms with Gasteiger partial charge in [-0.3, -0.25) is 9.69 Å². The molecule has 0 bridgehead atoms. The number of amides is 1. The van der Waals surface area contributed by atoms with E-state index in [1.165, 1.54) is 5.56 Å². The fourth-order valence-corrected chi connectivity index (χ4v) is 3.01. The average molecular weight is 350 g/mol.